The highest BCUT2D eigenvalue weighted by Crippen LogP contribution is 2.26. The van der Waals surface area contributed by atoms with Crippen LogP contribution in [0, 0.1) is 0 Å². The minimum absolute atomic E-state index is 0.0406. The van der Waals surface area contributed by atoms with Crippen molar-refractivity contribution in [2.45, 2.75) is 6.42 Å². The summed E-state index contributed by atoms with van der Waals surface area (Å²) < 4.78 is 5.21. The SMILES string of the molecule is O=C(CCN1CCSC1=O)Nc1nnc(-c2ccco2)s1. The molecule has 1 N–H and O–H groups in total. The molecule has 1 fully saturated rings. The van der Waals surface area contributed by atoms with E-state index in [9.17, 15) is 9.59 Å². The van der Waals surface area contributed by atoms with E-state index in [1.54, 1.807) is 23.3 Å². The maximum Gasteiger partial charge on any atom is 0.281 e. The molecule has 0 spiro atoms. The van der Waals surface area contributed by atoms with Crippen molar-refractivity contribution < 1.29 is 14.0 Å². The Morgan fingerprint density at radius 3 is 3.10 bits per heavy atom. The Hall–Kier alpha value is -1.87. The summed E-state index contributed by atoms with van der Waals surface area (Å²) in [4.78, 5) is 24.9. The number of carbonyl (C=O) groups excluding carboxylic acids is 2. The van der Waals surface area contributed by atoms with Gasteiger partial charge in [-0.15, -0.1) is 10.2 Å². The topological polar surface area (TPSA) is 88.3 Å². The molecule has 0 saturated carbocycles. The predicted molar refractivity (Wildman–Crippen MR) is 80.3 cm³/mol. The third-order valence-electron chi connectivity index (χ3n) is 2.86. The van der Waals surface area contributed by atoms with Crippen LogP contribution in [0.4, 0.5) is 9.93 Å². The standard InChI is InChI=1S/C12H12N4O3S2/c17-9(3-4-16-5-7-20-12(16)18)13-11-15-14-10(21-11)8-2-1-6-19-8/h1-2,6H,3-5,7H2,(H,13,15,17). The monoisotopic (exact) mass is 324 g/mol. The van der Waals surface area contributed by atoms with Crippen molar-refractivity contribution in [1.82, 2.24) is 15.1 Å². The van der Waals surface area contributed by atoms with Crippen LogP contribution in [-0.4, -0.2) is 45.1 Å². The first kappa shape index (κ1) is 14.1. The molecule has 3 rings (SSSR count). The fraction of sp³-hybridized carbons (Fsp3) is 0.333. The summed E-state index contributed by atoms with van der Waals surface area (Å²) in [7, 11) is 0. The van der Waals surface area contributed by atoms with E-state index in [0.29, 0.717) is 29.0 Å². The van der Waals surface area contributed by atoms with Gasteiger partial charge in [-0.2, -0.15) is 0 Å². The third kappa shape index (κ3) is 3.42. The van der Waals surface area contributed by atoms with Crippen molar-refractivity contribution in [3.05, 3.63) is 18.4 Å². The fourth-order valence-electron chi connectivity index (χ4n) is 1.82. The van der Waals surface area contributed by atoms with Crippen molar-refractivity contribution >= 4 is 39.4 Å². The van der Waals surface area contributed by atoms with E-state index in [1.807, 2.05) is 0 Å². The summed E-state index contributed by atoms with van der Waals surface area (Å²) in [6, 6.07) is 3.54. The molecular formula is C12H12N4O3S2. The van der Waals surface area contributed by atoms with E-state index in [4.69, 9.17) is 4.42 Å². The van der Waals surface area contributed by atoms with E-state index in [1.165, 1.54) is 23.1 Å². The molecule has 2 amide bonds. The van der Waals surface area contributed by atoms with Gasteiger partial charge in [0.25, 0.3) is 5.24 Å². The Bertz CT molecular complexity index is 641. The molecule has 2 aromatic rings. The number of nitrogens with one attached hydrogen (secondary N) is 1. The van der Waals surface area contributed by atoms with Crippen LogP contribution in [0.25, 0.3) is 10.8 Å². The molecule has 0 unspecified atom stereocenters. The number of rotatable bonds is 5. The van der Waals surface area contributed by atoms with Crippen LogP contribution >= 0.6 is 23.1 Å². The lowest BCUT2D eigenvalue weighted by Crippen LogP contribution is -2.27. The minimum atomic E-state index is -0.179. The second-order valence-corrected chi connectivity index (χ2v) is 6.31. The van der Waals surface area contributed by atoms with Crippen LogP contribution in [0.1, 0.15) is 6.42 Å². The molecule has 0 radical (unpaired) electrons. The number of carbonyl (C=O) groups is 2. The highest BCUT2D eigenvalue weighted by Gasteiger charge is 2.21. The van der Waals surface area contributed by atoms with Gasteiger partial charge in [-0.3, -0.25) is 9.59 Å². The Kier molecular flexibility index (Phi) is 4.20. The van der Waals surface area contributed by atoms with E-state index < -0.39 is 0 Å². The summed E-state index contributed by atoms with van der Waals surface area (Å²) in [5, 5.41) is 11.6. The van der Waals surface area contributed by atoms with Gasteiger partial charge >= 0.3 is 0 Å². The number of furan rings is 1. The summed E-state index contributed by atoms with van der Waals surface area (Å²) >= 11 is 2.53. The van der Waals surface area contributed by atoms with Crippen LogP contribution in [-0.2, 0) is 4.79 Å². The average Bonchev–Trinajstić information content (AvgIpc) is 3.17. The molecule has 110 valence electrons. The molecule has 7 nitrogen and oxygen atoms in total. The molecule has 0 atom stereocenters. The first-order chi connectivity index (χ1) is 10.2. The molecule has 21 heavy (non-hydrogen) atoms. The van der Waals surface area contributed by atoms with Gasteiger partial charge in [-0.1, -0.05) is 23.1 Å². The van der Waals surface area contributed by atoms with Gasteiger partial charge < -0.3 is 14.6 Å². The molecule has 3 heterocycles. The molecule has 1 aliphatic heterocycles. The van der Waals surface area contributed by atoms with Gasteiger partial charge in [0, 0.05) is 25.3 Å². The number of hydrogen-bond acceptors (Lipinski definition) is 7. The van der Waals surface area contributed by atoms with Crippen molar-refractivity contribution in [1.29, 1.82) is 0 Å². The van der Waals surface area contributed by atoms with Gasteiger partial charge in [0.2, 0.25) is 11.0 Å². The molecule has 9 heteroatoms. The van der Waals surface area contributed by atoms with Crippen molar-refractivity contribution in [2.24, 2.45) is 0 Å². The largest absolute Gasteiger partial charge is 0.462 e. The number of nitrogens with zero attached hydrogens (tertiary/aromatic N) is 3. The highest BCUT2D eigenvalue weighted by molar-refractivity contribution is 8.13. The zero-order chi connectivity index (χ0) is 14.7. The van der Waals surface area contributed by atoms with Crippen molar-refractivity contribution in [3.63, 3.8) is 0 Å². The molecular weight excluding hydrogens is 312 g/mol. The molecule has 1 saturated heterocycles. The van der Waals surface area contributed by atoms with E-state index >= 15 is 0 Å². The van der Waals surface area contributed by atoms with E-state index in [-0.39, 0.29) is 17.6 Å². The molecule has 0 aliphatic carbocycles. The quantitative estimate of drug-likeness (QED) is 0.908. The number of thioether (sulfide) groups is 1. The van der Waals surface area contributed by atoms with Gasteiger partial charge in [-0.25, -0.2) is 0 Å². The third-order valence-corrected chi connectivity index (χ3v) is 4.60. The number of aromatic nitrogens is 2. The van der Waals surface area contributed by atoms with Gasteiger partial charge in [-0.05, 0) is 12.1 Å². The number of amides is 2. The predicted octanol–water partition coefficient (Wildman–Crippen LogP) is 2.30. The average molecular weight is 324 g/mol. The maximum atomic E-state index is 11.8. The van der Waals surface area contributed by atoms with Gasteiger partial charge in [0.15, 0.2) is 10.8 Å². The van der Waals surface area contributed by atoms with E-state index in [2.05, 4.69) is 15.5 Å². The van der Waals surface area contributed by atoms with Crippen LogP contribution in [0.15, 0.2) is 22.8 Å². The summed E-state index contributed by atoms with van der Waals surface area (Å²) in [6.45, 7) is 1.14. The van der Waals surface area contributed by atoms with Crippen molar-refractivity contribution in [3.8, 4) is 10.8 Å². The van der Waals surface area contributed by atoms with Crippen LogP contribution < -0.4 is 5.32 Å². The molecule has 2 aromatic heterocycles. The Morgan fingerprint density at radius 1 is 1.48 bits per heavy atom. The lowest BCUT2D eigenvalue weighted by Gasteiger charge is -2.13. The zero-order valence-corrected chi connectivity index (χ0v) is 12.6. The maximum absolute atomic E-state index is 11.8. The van der Waals surface area contributed by atoms with Crippen LogP contribution in [0.5, 0.6) is 0 Å². The van der Waals surface area contributed by atoms with E-state index in [0.717, 1.165) is 5.75 Å². The smallest absolute Gasteiger partial charge is 0.281 e. The molecule has 0 bridgehead atoms. The summed E-state index contributed by atoms with van der Waals surface area (Å²) in [5.41, 5.74) is 0. The van der Waals surface area contributed by atoms with Gasteiger partial charge in [0.1, 0.15) is 0 Å². The second-order valence-electron chi connectivity index (χ2n) is 4.29. The van der Waals surface area contributed by atoms with Crippen molar-refractivity contribution in [2.75, 3.05) is 24.2 Å². The fourth-order valence-corrected chi connectivity index (χ4v) is 3.40. The van der Waals surface area contributed by atoms with Crippen LogP contribution in [0.2, 0.25) is 0 Å². The second kappa shape index (κ2) is 6.27. The minimum Gasteiger partial charge on any atom is -0.462 e. The summed E-state index contributed by atoms with van der Waals surface area (Å²) in [5.74, 6) is 1.23. The normalized spacial score (nSPS) is 14.7. The summed E-state index contributed by atoms with van der Waals surface area (Å²) in [6.07, 6.45) is 1.81. The lowest BCUT2D eigenvalue weighted by atomic mass is 10.4. The first-order valence-corrected chi connectivity index (χ1v) is 8.11. The van der Waals surface area contributed by atoms with Crippen LogP contribution in [0.3, 0.4) is 0 Å². The number of hydrogen-bond donors (Lipinski definition) is 1. The molecule has 0 aromatic carbocycles. The molecule has 1 aliphatic rings. The number of anilines is 1. The Labute approximate surface area is 128 Å². The Balaban J connectivity index is 1.52. The lowest BCUT2D eigenvalue weighted by molar-refractivity contribution is -0.116. The first-order valence-electron chi connectivity index (χ1n) is 6.31. The zero-order valence-electron chi connectivity index (χ0n) is 10.9. The Morgan fingerprint density at radius 2 is 2.38 bits per heavy atom. The van der Waals surface area contributed by atoms with Gasteiger partial charge in [0.05, 0.1) is 6.26 Å². The highest BCUT2D eigenvalue weighted by atomic mass is 32.2.